The van der Waals surface area contributed by atoms with Crippen molar-refractivity contribution in [3.63, 3.8) is 0 Å². The van der Waals surface area contributed by atoms with Crippen LogP contribution >= 0.6 is 0 Å². The van der Waals surface area contributed by atoms with E-state index in [1.54, 1.807) is 23.2 Å². The Hall–Kier alpha value is -3.65. The van der Waals surface area contributed by atoms with Crippen LogP contribution < -0.4 is 5.32 Å². The first-order valence-corrected chi connectivity index (χ1v) is 9.98. The molecule has 0 radical (unpaired) electrons. The monoisotopic (exact) mass is 419 g/mol. The Balaban J connectivity index is 1.50. The molecule has 6 nitrogen and oxygen atoms in total. The molecule has 2 N–H and O–H groups in total. The van der Waals surface area contributed by atoms with Gasteiger partial charge in [0.05, 0.1) is 23.8 Å². The maximum atomic E-state index is 14.4. The Labute approximate surface area is 176 Å². The number of aromatic nitrogens is 3. The van der Waals surface area contributed by atoms with Crippen molar-refractivity contribution in [2.24, 2.45) is 0 Å². The number of nitrogens with zero attached hydrogens (tertiary/aromatic N) is 3. The van der Waals surface area contributed by atoms with E-state index in [1.165, 1.54) is 30.5 Å². The number of nitrogens with one attached hydrogen (secondary N) is 2. The highest BCUT2D eigenvalue weighted by atomic mass is 19.1. The van der Waals surface area contributed by atoms with Crippen LogP contribution in [0, 0.1) is 11.6 Å². The SMILES string of the molecule is O=C(c1cc(F)cc(-c2cncc(-c3cc4ccc(F)cc4[nH]3)n2)c1)N1CCNCC1. The minimum absolute atomic E-state index is 0.205. The Bertz CT molecular complexity index is 1280. The number of hydrogen-bond acceptors (Lipinski definition) is 4. The summed E-state index contributed by atoms with van der Waals surface area (Å²) < 4.78 is 27.9. The zero-order valence-electron chi connectivity index (χ0n) is 16.5. The average molecular weight is 419 g/mol. The molecule has 0 aliphatic carbocycles. The maximum Gasteiger partial charge on any atom is 0.254 e. The van der Waals surface area contributed by atoms with Crippen LogP contribution in [0.3, 0.4) is 0 Å². The van der Waals surface area contributed by atoms with Crippen LogP contribution in [0.2, 0.25) is 0 Å². The van der Waals surface area contributed by atoms with E-state index in [9.17, 15) is 13.6 Å². The second-order valence-corrected chi connectivity index (χ2v) is 7.47. The van der Waals surface area contributed by atoms with Crippen LogP contribution in [0.1, 0.15) is 10.4 Å². The number of carbonyl (C=O) groups excluding carboxylic acids is 1. The smallest absolute Gasteiger partial charge is 0.254 e. The predicted octanol–water partition coefficient (Wildman–Crippen LogP) is 3.62. The van der Waals surface area contributed by atoms with E-state index in [2.05, 4.69) is 20.3 Å². The van der Waals surface area contributed by atoms with Crippen molar-refractivity contribution in [2.75, 3.05) is 26.2 Å². The van der Waals surface area contributed by atoms with Gasteiger partial charge >= 0.3 is 0 Å². The van der Waals surface area contributed by atoms with E-state index < -0.39 is 5.82 Å². The first-order valence-electron chi connectivity index (χ1n) is 9.98. The van der Waals surface area contributed by atoms with Gasteiger partial charge in [0, 0.05) is 48.2 Å². The Kier molecular flexibility index (Phi) is 4.91. The number of aromatic amines is 1. The third-order valence-corrected chi connectivity index (χ3v) is 5.34. The molecule has 1 aliphatic rings. The van der Waals surface area contributed by atoms with Gasteiger partial charge in [0.15, 0.2) is 0 Å². The fourth-order valence-electron chi connectivity index (χ4n) is 3.78. The summed E-state index contributed by atoms with van der Waals surface area (Å²) in [4.78, 5) is 26.5. The molecule has 0 spiro atoms. The van der Waals surface area contributed by atoms with E-state index in [0.717, 1.165) is 18.5 Å². The molecule has 1 amide bonds. The molecule has 156 valence electrons. The summed E-state index contributed by atoms with van der Waals surface area (Å²) >= 11 is 0. The number of amides is 1. The quantitative estimate of drug-likeness (QED) is 0.532. The number of H-pyrrole nitrogens is 1. The van der Waals surface area contributed by atoms with Crippen molar-refractivity contribution in [2.45, 2.75) is 0 Å². The van der Waals surface area contributed by atoms with Gasteiger partial charge in [-0.25, -0.2) is 13.8 Å². The number of hydrogen-bond donors (Lipinski definition) is 2. The van der Waals surface area contributed by atoms with Crippen molar-refractivity contribution in [1.82, 2.24) is 25.2 Å². The molecule has 0 saturated carbocycles. The minimum atomic E-state index is -0.510. The highest BCUT2D eigenvalue weighted by Gasteiger charge is 2.20. The number of piperazine rings is 1. The van der Waals surface area contributed by atoms with E-state index in [4.69, 9.17) is 0 Å². The van der Waals surface area contributed by atoms with Gasteiger partial charge in [-0.15, -0.1) is 0 Å². The summed E-state index contributed by atoms with van der Waals surface area (Å²) in [7, 11) is 0. The van der Waals surface area contributed by atoms with Gasteiger partial charge in [-0.3, -0.25) is 9.78 Å². The third-order valence-electron chi connectivity index (χ3n) is 5.34. The second-order valence-electron chi connectivity index (χ2n) is 7.47. The largest absolute Gasteiger partial charge is 0.353 e. The zero-order chi connectivity index (χ0) is 21.4. The summed E-state index contributed by atoms with van der Waals surface area (Å²) in [6.45, 7) is 2.60. The standard InChI is InChI=1S/C23H19F2N5O/c24-17-2-1-14-10-20(28-19(14)11-17)22-13-27-12-21(29-22)15-7-16(9-18(25)8-15)23(31)30-5-3-26-4-6-30/h1-2,7-13,26,28H,3-6H2. The summed E-state index contributed by atoms with van der Waals surface area (Å²) in [5, 5.41) is 4.04. The topological polar surface area (TPSA) is 73.9 Å². The Morgan fingerprint density at radius 1 is 0.935 bits per heavy atom. The lowest BCUT2D eigenvalue weighted by molar-refractivity contribution is 0.0735. The van der Waals surface area contributed by atoms with Crippen LogP contribution in [0.5, 0.6) is 0 Å². The molecule has 31 heavy (non-hydrogen) atoms. The zero-order valence-corrected chi connectivity index (χ0v) is 16.5. The molecule has 4 aromatic rings. The molecule has 0 atom stereocenters. The van der Waals surface area contributed by atoms with Crippen LogP contribution in [0.15, 0.2) is 54.9 Å². The van der Waals surface area contributed by atoms with Crippen molar-refractivity contribution in [1.29, 1.82) is 0 Å². The van der Waals surface area contributed by atoms with Gasteiger partial charge in [-0.2, -0.15) is 0 Å². The summed E-state index contributed by atoms with van der Waals surface area (Å²) in [5.41, 5.74) is 3.05. The molecule has 8 heteroatoms. The third kappa shape index (κ3) is 3.89. The number of halogens is 2. The highest BCUT2D eigenvalue weighted by molar-refractivity contribution is 5.95. The minimum Gasteiger partial charge on any atom is -0.353 e. The lowest BCUT2D eigenvalue weighted by Gasteiger charge is -2.27. The van der Waals surface area contributed by atoms with Gasteiger partial charge in [0.1, 0.15) is 17.3 Å². The maximum absolute atomic E-state index is 14.4. The van der Waals surface area contributed by atoms with Crippen molar-refractivity contribution < 1.29 is 13.6 Å². The first kappa shape index (κ1) is 19.3. The van der Waals surface area contributed by atoms with Gasteiger partial charge in [0.25, 0.3) is 5.91 Å². The Morgan fingerprint density at radius 3 is 2.58 bits per heavy atom. The predicted molar refractivity (Wildman–Crippen MR) is 113 cm³/mol. The van der Waals surface area contributed by atoms with E-state index >= 15 is 0 Å². The van der Waals surface area contributed by atoms with Crippen molar-refractivity contribution >= 4 is 16.8 Å². The summed E-state index contributed by atoms with van der Waals surface area (Å²) in [5.74, 6) is -1.05. The summed E-state index contributed by atoms with van der Waals surface area (Å²) in [6.07, 6.45) is 3.11. The molecule has 1 saturated heterocycles. The second kappa shape index (κ2) is 7.88. The van der Waals surface area contributed by atoms with Gasteiger partial charge < -0.3 is 15.2 Å². The van der Waals surface area contributed by atoms with Crippen LogP contribution in [-0.2, 0) is 0 Å². The van der Waals surface area contributed by atoms with Gasteiger partial charge in [-0.05, 0) is 42.5 Å². The van der Waals surface area contributed by atoms with Crippen molar-refractivity contribution in [3.8, 4) is 22.6 Å². The molecular weight excluding hydrogens is 400 g/mol. The number of benzene rings is 2. The fourth-order valence-corrected chi connectivity index (χ4v) is 3.78. The molecule has 2 aromatic heterocycles. The van der Waals surface area contributed by atoms with E-state index in [0.29, 0.717) is 41.3 Å². The average Bonchev–Trinajstić information content (AvgIpc) is 3.22. The molecule has 5 rings (SSSR count). The molecule has 1 aliphatic heterocycles. The molecule has 0 unspecified atom stereocenters. The molecular formula is C23H19F2N5O. The lowest BCUT2D eigenvalue weighted by Crippen LogP contribution is -2.46. The van der Waals surface area contributed by atoms with E-state index in [1.807, 2.05) is 6.07 Å². The molecule has 2 aromatic carbocycles. The van der Waals surface area contributed by atoms with Crippen molar-refractivity contribution in [3.05, 3.63) is 72.1 Å². The fraction of sp³-hybridized carbons (Fsp3) is 0.174. The van der Waals surface area contributed by atoms with Gasteiger partial charge in [-0.1, -0.05) is 0 Å². The number of rotatable bonds is 3. The Morgan fingerprint density at radius 2 is 1.74 bits per heavy atom. The summed E-state index contributed by atoms with van der Waals surface area (Å²) in [6, 6.07) is 10.6. The van der Waals surface area contributed by atoms with E-state index in [-0.39, 0.29) is 17.3 Å². The lowest BCUT2D eigenvalue weighted by atomic mass is 10.1. The van der Waals surface area contributed by atoms with Gasteiger partial charge in [0.2, 0.25) is 0 Å². The highest BCUT2D eigenvalue weighted by Crippen LogP contribution is 2.26. The number of carbonyl (C=O) groups is 1. The first-order chi connectivity index (χ1) is 15.1. The molecule has 3 heterocycles. The van der Waals surface area contributed by atoms with Crippen LogP contribution in [0.25, 0.3) is 33.5 Å². The van der Waals surface area contributed by atoms with Crippen LogP contribution in [-0.4, -0.2) is 51.9 Å². The molecule has 1 fully saturated rings. The molecule has 0 bridgehead atoms. The normalized spacial score (nSPS) is 14.2. The number of fused-ring (bicyclic) bond motifs is 1. The van der Waals surface area contributed by atoms with Crippen LogP contribution in [0.4, 0.5) is 8.78 Å².